The second kappa shape index (κ2) is 6.25. The molecule has 3 rings (SSSR count). The Hall–Kier alpha value is -2.24. The van der Waals surface area contributed by atoms with Crippen molar-refractivity contribution in [3.05, 3.63) is 70.3 Å². The number of hydrogen-bond acceptors (Lipinski definition) is 3. The standard InChI is InChI=1S/C17H13BrN2O2/c18-12-4-6-13(7-5-12)20-17(22)14-8-3-11-2-1-9-19-16(11)15(14)10-21/h1-9,21H,10H2,(H,20,22). The second-order valence-electron chi connectivity index (χ2n) is 4.79. The lowest BCUT2D eigenvalue weighted by Crippen LogP contribution is -2.14. The van der Waals surface area contributed by atoms with Crippen LogP contribution in [-0.2, 0) is 6.61 Å². The molecule has 0 saturated carbocycles. The van der Waals surface area contributed by atoms with Crippen molar-refractivity contribution < 1.29 is 9.90 Å². The Labute approximate surface area is 135 Å². The zero-order chi connectivity index (χ0) is 15.5. The van der Waals surface area contributed by atoms with Gasteiger partial charge in [-0.1, -0.05) is 28.1 Å². The first-order valence-corrected chi connectivity index (χ1v) is 7.53. The van der Waals surface area contributed by atoms with Gasteiger partial charge in [-0.15, -0.1) is 0 Å². The summed E-state index contributed by atoms with van der Waals surface area (Å²) in [5.41, 5.74) is 2.30. The number of anilines is 1. The van der Waals surface area contributed by atoms with Gasteiger partial charge in [0.05, 0.1) is 12.1 Å². The number of aliphatic hydroxyl groups is 1. The van der Waals surface area contributed by atoms with Crippen LogP contribution in [0.5, 0.6) is 0 Å². The van der Waals surface area contributed by atoms with Gasteiger partial charge in [0.25, 0.3) is 5.91 Å². The minimum atomic E-state index is -0.265. The van der Waals surface area contributed by atoms with E-state index in [-0.39, 0.29) is 12.5 Å². The van der Waals surface area contributed by atoms with Crippen LogP contribution in [0.2, 0.25) is 0 Å². The molecule has 0 aliphatic carbocycles. The third kappa shape index (κ3) is 2.86. The number of fused-ring (bicyclic) bond motifs is 1. The molecule has 0 fully saturated rings. The number of aliphatic hydroxyl groups excluding tert-OH is 1. The maximum absolute atomic E-state index is 12.5. The molecule has 3 aromatic rings. The van der Waals surface area contributed by atoms with Gasteiger partial charge < -0.3 is 10.4 Å². The largest absolute Gasteiger partial charge is 0.392 e. The Balaban J connectivity index is 1.98. The summed E-state index contributed by atoms with van der Waals surface area (Å²) in [5, 5.41) is 13.4. The van der Waals surface area contributed by atoms with Crippen molar-refractivity contribution in [3.8, 4) is 0 Å². The lowest BCUT2D eigenvalue weighted by molar-refractivity contribution is 0.102. The van der Waals surface area contributed by atoms with Crippen molar-refractivity contribution in [2.45, 2.75) is 6.61 Å². The lowest BCUT2D eigenvalue weighted by Gasteiger charge is -2.11. The van der Waals surface area contributed by atoms with Crippen molar-refractivity contribution in [3.63, 3.8) is 0 Å². The van der Waals surface area contributed by atoms with Gasteiger partial charge in [0.1, 0.15) is 0 Å². The van der Waals surface area contributed by atoms with E-state index in [1.165, 1.54) is 0 Å². The Morgan fingerprint density at radius 2 is 1.91 bits per heavy atom. The van der Waals surface area contributed by atoms with Gasteiger partial charge in [-0.3, -0.25) is 9.78 Å². The number of amides is 1. The minimum Gasteiger partial charge on any atom is -0.392 e. The average molecular weight is 357 g/mol. The third-order valence-corrected chi connectivity index (χ3v) is 3.91. The van der Waals surface area contributed by atoms with Crippen LogP contribution in [-0.4, -0.2) is 16.0 Å². The van der Waals surface area contributed by atoms with Gasteiger partial charge in [-0.2, -0.15) is 0 Å². The van der Waals surface area contributed by atoms with Crippen molar-refractivity contribution >= 4 is 38.4 Å². The number of pyridine rings is 1. The molecule has 2 aromatic carbocycles. The first kappa shape index (κ1) is 14.7. The van der Waals surface area contributed by atoms with Gasteiger partial charge in [0.2, 0.25) is 0 Å². The van der Waals surface area contributed by atoms with Crippen LogP contribution in [0.4, 0.5) is 5.69 Å². The van der Waals surface area contributed by atoms with Gasteiger partial charge >= 0.3 is 0 Å². The Morgan fingerprint density at radius 3 is 2.64 bits per heavy atom. The highest BCUT2D eigenvalue weighted by atomic mass is 79.9. The summed E-state index contributed by atoms with van der Waals surface area (Å²) in [6.07, 6.45) is 1.65. The SMILES string of the molecule is O=C(Nc1ccc(Br)cc1)c1ccc2cccnc2c1CO. The van der Waals surface area contributed by atoms with E-state index >= 15 is 0 Å². The van der Waals surface area contributed by atoms with E-state index in [1.54, 1.807) is 24.4 Å². The number of carbonyl (C=O) groups is 1. The first-order valence-electron chi connectivity index (χ1n) is 6.73. The predicted octanol–water partition coefficient (Wildman–Crippen LogP) is 3.74. The first-order chi connectivity index (χ1) is 10.7. The molecule has 0 bridgehead atoms. The predicted molar refractivity (Wildman–Crippen MR) is 89.8 cm³/mol. The fourth-order valence-electron chi connectivity index (χ4n) is 2.31. The molecule has 22 heavy (non-hydrogen) atoms. The summed E-state index contributed by atoms with van der Waals surface area (Å²) in [6.45, 7) is -0.239. The number of aromatic nitrogens is 1. The second-order valence-corrected chi connectivity index (χ2v) is 5.70. The van der Waals surface area contributed by atoms with E-state index in [4.69, 9.17) is 0 Å². The molecule has 0 radical (unpaired) electrons. The zero-order valence-electron chi connectivity index (χ0n) is 11.6. The molecule has 1 aromatic heterocycles. The van der Waals surface area contributed by atoms with Crippen LogP contribution >= 0.6 is 15.9 Å². The van der Waals surface area contributed by atoms with Crippen molar-refractivity contribution in [2.24, 2.45) is 0 Å². The molecule has 0 aliphatic heterocycles. The highest BCUT2D eigenvalue weighted by Gasteiger charge is 2.14. The molecule has 0 unspecified atom stereocenters. The molecule has 0 atom stereocenters. The normalized spacial score (nSPS) is 10.6. The Morgan fingerprint density at radius 1 is 1.14 bits per heavy atom. The smallest absolute Gasteiger partial charge is 0.256 e. The number of rotatable bonds is 3. The molecule has 2 N–H and O–H groups in total. The van der Waals surface area contributed by atoms with Gasteiger partial charge in [0.15, 0.2) is 0 Å². The Kier molecular flexibility index (Phi) is 4.18. The third-order valence-electron chi connectivity index (χ3n) is 3.38. The highest BCUT2D eigenvalue weighted by molar-refractivity contribution is 9.10. The molecular formula is C17H13BrN2O2. The van der Waals surface area contributed by atoms with Crippen LogP contribution in [0.25, 0.3) is 10.9 Å². The topological polar surface area (TPSA) is 62.2 Å². The maximum atomic E-state index is 12.5. The number of halogens is 1. The summed E-state index contributed by atoms with van der Waals surface area (Å²) in [7, 11) is 0. The number of carbonyl (C=O) groups excluding carboxylic acids is 1. The molecule has 1 heterocycles. The van der Waals surface area contributed by atoms with Crippen LogP contribution in [0.3, 0.4) is 0 Å². The monoisotopic (exact) mass is 356 g/mol. The summed E-state index contributed by atoms with van der Waals surface area (Å²) in [5.74, 6) is -0.265. The number of nitrogens with zero attached hydrogens (tertiary/aromatic N) is 1. The quantitative estimate of drug-likeness (QED) is 0.751. The zero-order valence-corrected chi connectivity index (χ0v) is 13.2. The van der Waals surface area contributed by atoms with Gasteiger partial charge in [-0.25, -0.2) is 0 Å². The van der Waals surface area contributed by atoms with Gasteiger partial charge in [0, 0.05) is 32.9 Å². The van der Waals surface area contributed by atoms with E-state index in [2.05, 4.69) is 26.2 Å². The highest BCUT2D eigenvalue weighted by Crippen LogP contribution is 2.22. The fraction of sp³-hybridized carbons (Fsp3) is 0.0588. The summed E-state index contributed by atoms with van der Waals surface area (Å²) < 4.78 is 0.941. The molecule has 0 aliphatic rings. The number of nitrogens with one attached hydrogen (secondary N) is 1. The van der Waals surface area contributed by atoms with Gasteiger partial charge in [-0.05, 0) is 36.4 Å². The van der Waals surface area contributed by atoms with Crippen LogP contribution in [0, 0.1) is 0 Å². The molecule has 0 saturated heterocycles. The summed E-state index contributed by atoms with van der Waals surface area (Å²) in [4.78, 5) is 16.7. The minimum absolute atomic E-state index is 0.239. The van der Waals surface area contributed by atoms with Crippen LogP contribution in [0.1, 0.15) is 15.9 Å². The van der Waals surface area contributed by atoms with Crippen LogP contribution < -0.4 is 5.32 Å². The molecule has 0 spiro atoms. The molecule has 110 valence electrons. The number of hydrogen-bond donors (Lipinski definition) is 2. The van der Waals surface area contributed by atoms with Crippen molar-refractivity contribution in [2.75, 3.05) is 5.32 Å². The molecule has 5 heteroatoms. The van der Waals surface area contributed by atoms with E-state index in [9.17, 15) is 9.90 Å². The molecular weight excluding hydrogens is 344 g/mol. The van der Waals surface area contributed by atoms with E-state index < -0.39 is 0 Å². The average Bonchev–Trinajstić information content (AvgIpc) is 2.55. The molecule has 4 nitrogen and oxygen atoms in total. The van der Waals surface area contributed by atoms with Crippen molar-refractivity contribution in [1.82, 2.24) is 4.98 Å². The number of benzene rings is 2. The van der Waals surface area contributed by atoms with E-state index in [0.29, 0.717) is 22.3 Å². The van der Waals surface area contributed by atoms with E-state index in [1.807, 2.05) is 30.3 Å². The van der Waals surface area contributed by atoms with E-state index in [0.717, 1.165) is 9.86 Å². The fourth-order valence-corrected chi connectivity index (χ4v) is 2.57. The maximum Gasteiger partial charge on any atom is 0.256 e. The van der Waals surface area contributed by atoms with Crippen LogP contribution in [0.15, 0.2) is 59.2 Å². The Bertz CT molecular complexity index is 832. The molecule has 1 amide bonds. The van der Waals surface area contributed by atoms with Crippen molar-refractivity contribution in [1.29, 1.82) is 0 Å². The lowest BCUT2D eigenvalue weighted by atomic mass is 10.0. The summed E-state index contributed by atoms with van der Waals surface area (Å²) in [6, 6.07) is 14.6. The summed E-state index contributed by atoms with van der Waals surface area (Å²) >= 11 is 3.35.